The van der Waals surface area contributed by atoms with E-state index in [0.29, 0.717) is 63.1 Å². The second kappa shape index (κ2) is 23.8. The molecule has 0 saturated carbocycles. The van der Waals surface area contributed by atoms with E-state index in [2.05, 4.69) is 21.1 Å². The van der Waals surface area contributed by atoms with E-state index < -0.39 is 24.0 Å². The number of ether oxygens (including phenoxy) is 4. The van der Waals surface area contributed by atoms with Gasteiger partial charge in [0.1, 0.15) is 23.6 Å². The smallest absolute Gasteiger partial charge is 0.328 e. The molecule has 0 aliphatic carbocycles. The summed E-state index contributed by atoms with van der Waals surface area (Å²) in [4.78, 5) is 50.4. The first-order valence-corrected chi connectivity index (χ1v) is 19.2. The number of benzene rings is 4. The van der Waals surface area contributed by atoms with Crippen molar-refractivity contribution in [3.63, 3.8) is 0 Å². The fraction of sp³-hybridized carbons (Fsp3) is 0.429. The topological polar surface area (TPSA) is 153 Å². The van der Waals surface area contributed by atoms with Crippen LogP contribution in [0.5, 0.6) is 11.5 Å². The number of unbranched alkanes of at least 4 members (excludes halogenated alkanes) is 2. The molecule has 4 rings (SSSR count). The van der Waals surface area contributed by atoms with E-state index in [4.69, 9.17) is 34.9 Å². The van der Waals surface area contributed by atoms with Crippen LogP contribution in [0.1, 0.15) is 64.2 Å². The van der Waals surface area contributed by atoms with Crippen molar-refractivity contribution >= 4 is 61.3 Å². The van der Waals surface area contributed by atoms with E-state index in [0.717, 1.165) is 45.5 Å². The molecule has 0 heterocycles. The first-order valence-electron chi connectivity index (χ1n) is 19.2. The van der Waals surface area contributed by atoms with Crippen molar-refractivity contribution in [1.29, 1.82) is 0 Å². The summed E-state index contributed by atoms with van der Waals surface area (Å²) in [5.74, 6) is -0.244. The van der Waals surface area contributed by atoms with E-state index >= 15 is 0 Å². The molecule has 4 radical (unpaired) electrons. The largest absolute Gasteiger partial charge is 0.493 e. The minimum absolute atomic E-state index is 0.156. The number of amides is 2. The Morgan fingerprint density at radius 3 is 1.36 bits per heavy atom. The fourth-order valence-corrected chi connectivity index (χ4v) is 6.56. The molecule has 56 heavy (non-hydrogen) atoms. The van der Waals surface area contributed by atoms with Crippen LogP contribution in [0, 0.1) is 0 Å². The van der Waals surface area contributed by atoms with Gasteiger partial charge in [-0.05, 0) is 98.1 Å². The normalized spacial score (nSPS) is 12.1. The number of esters is 2. The Bertz CT molecular complexity index is 1760. The summed E-state index contributed by atoms with van der Waals surface area (Å²) in [7, 11) is 13.3. The first kappa shape index (κ1) is 43.7. The average Bonchev–Trinajstić information content (AvgIpc) is 3.22. The molecule has 4 aromatic rings. The maximum Gasteiger partial charge on any atom is 0.328 e. The van der Waals surface area contributed by atoms with Crippen LogP contribution < -0.4 is 30.6 Å². The number of rotatable bonds is 25. The van der Waals surface area contributed by atoms with Gasteiger partial charge in [0.2, 0.25) is 11.8 Å². The lowest BCUT2D eigenvalue weighted by atomic mass is 9.92. The number of nitrogens with one attached hydrogen (secondary N) is 4. The summed E-state index contributed by atoms with van der Waals surface area (Å²) in [6.45, 7) is 1.71. The molecule has 2 amide bonds. The molecule has 294 valence electrons. The van der Waals surface area contributed by atoms with E-state index in [9.17, 15) is 19.2 Å². The molecule has 0 aliphatic rings. The van der Waals surface area contributed by atoms with Crippen LogP contribution in [-0.2, 0) is 28.7 Å². The van der Waals surface area contributed by atoms with Gasteiger partial charge in [-0.1, -0.05) is 60.7 Å². The summed E-state index contributed by atoms with van der Waals surface area (Å²) in [6, 6.07) is 22.5. The third-order valence-corrected chi connectivity index (χ3v) is 9.41. The first-order chi connectivity index (χ1) is 27.3. The van der Waals surface area contributed by atoms with Crippen molar-refractivity contribution in [3.05, 3.63) is 72.8 Å². The van der Waals surface area contributed by atoms with Gasteiger partial charge in [-0.2, -0.15) is 0 Å². The predicted molar refractivity (Wildman–Crippen MR) is 219 cm³/mol. The lowest BCUT2D eigenvalue weighted by Gasteiger charge is -2.20. The zero-order chi connectivity index (χ0) is 40.1. The van der Waals surface area contributed by atoms with Crippen LogP contribution in [0.15, 0.2) is 72.8 Å². The van der Waals surface area contributed by atoms with Crippen LogP contribution in [0.25, 0.3) is 32.7 Å². The third kappa shape index (κ3) is 13.0. The van der Waals surface area contributed by atoms with Gasteiger partial charge in [0, 0.05) is 24.0 Å². The predicted octanol–water partition coefficient (Wildman–Crippen LogP) is 4.98. The Morgan fingerprint density at radius 1 is 0.554 bits per heavy atom. The Hall–Kier alpha value is -5.07. The number of carbonyl (C=O) groups is 4. The Kier molecular flexibility index (Phi) is 18.5. The summed E-state index contributed by atoms with van der Waals surface area (Å²) < 4.78 is 22.7. The number of carbonyl (C=O) groups excluding carboxylic acids is 4. The maximum atomic E-state index is 12.9. The van der Waals surface area contributed by atoms with E-state index in [1.807, 2.05) is 72.8 Å². The molecule has 4 N–H and O–H groups in total. The van der Waals surface area contributed by atoms with Gasteiger partial charge in [-0.15, -0.1) is 0 Å². The van der Waals surface area contributed by atoms with Gasteiger partial charge >= 0.3 is 11.9 Å². The summed E-state index contributed by atoms with van der Waals surface area (Å²) in [5, 5.41) is 14.7. The quantitative estimate of drug-likeness (QED) is 0.0413. The van der Waals surface area contributed by atoms with Crippen molar-refractivity contribution in [2.75, 3.05) is 40.5 Å². The SMILES string of the molecule is [B]NCCCC[C@@H](NC(=O)CCCOc1ccc2ccccc2c1-c1c(OCCCC(=O)N[C@H](CCCCN[B])C(=O)OC)ccc2ccccc12)C(=O)OC. The fourth-order valence-electron chi connectivity index (χ4n) is 6.56. The van der Waals surface area contributed by atoms with Gasteiger partial charge in [-0.25, -0.2) is 9.59 Å². The van der Waals surface area contributed by atoms with Gasteiger partial charge in [0.15, 0.2) is 16.0 Å². The van der Waals surface area contributed by atoms with Gasteiger partial charge in [0.25, 0.3) is 0 Å². The number of hydrogen-bond acceptors (Lipinski definition) is 10. The second-order valence-corrected chi connectivity index (χ2v) is 13.4. The van der Waals surface area contributed by atoms with Crippen molar-refractivity contribution in [1.82, 2.24) is 21.1 Å². The molecular formula is C42H52B2N4O8. The van der Waals surface area contributed by atoms with Crippen molar-refractivity contribution in [3.8, 4) is 22.6 Å². The monoisotopic (exact) mass is 762 g/mol. The highest BCUT2D eigenvalue weighted by atomic mass is 16.5. The van der Waals surface area contributed by atoms with Crippen LogP contribution >= 0.6 is 0 Å². The molecule has 0 fully saturated rings. The lowest BCUT2D eigenvalue weighted by Crippen LogP contribution is -2.41. The molecule has 0 bridgehead atoms. The molecule has 4 aromatic carbocycles. The standard InChI is InChI=1S/C42H52B2N4O8/c1-53-41(51)33(17-7-9-25-45-43)47-37(49)19-11-27-55-35-23-21-29-13-3-5-15-31(29)39(35)40-32-16-6-4-14-30(32)22-24-36(40)56-28-12-20-38(50)48-34(42(52)54-2)18-8-10-26-46-44/h3-6,13-16,21-24,33-34,45-46H,7-12,17-20,25-28H2,1-2H3,(H,47,49)(H,48,50)/t33-,34-/m1/s1. The summed E-state index contributed by atoms with van der Waals surface area (Å²) in [5.41, 5.74) is 1.70. The highest BCUT2D eigenvalue weighted by molar-refractivity contribution is 6.09. The summed E-state index contributed by atoms with van der Waals surface area (Å²) in [6.07, 6.45) is 4.93. The number of methoxy groups -OCH3 is 2. The molecule has 0 aliphatic heterocycles. The van der Waals surface area contributed by atoms with Crippen molar-refractivity contribution in [2.24, 2.45) is 0 Å². The lowest BCUT2D eigenvalue weighted by molar-refractivity contribution is -0.145. The van der Waals surface area contributed by atoms with E-state index in [1.54, 1.807) is 0 Å². The van der Waals surface area contributed by atoms with Crippen LogP contribution in [0.4, 0.5) is 0 Å². The van der Waals surface area contributed by atoms with E-state index in [1.165, 1.54) is 14.2 Å². The van der Waals surface area contributed by atoms with Crippen molar-refractivity contribution in [2.45, 2.75) is 76.3 Å². The molecular weight excluding hydrogens is 710 g/mol. The molecule has 12 nitrogen and oxygen atoms in total. The highest BCUT2D eigenvalue weighted by Crippen LogP contribution is 2.45. The zero-order valence-corrected chi connectivity index (χ0v) is 32.4. The minimum atomic E-state index is -0.733. The molecule has 0 saturated heterocycles. The number of fused-ring (bicyclic) bond motifs is 2. The average molecular weight is 763 g/mol. The minimum Gasteiger partial charge on any atom is -0.493 e. The molecule has 14 heteroatoms. The Morgan fingerprint density at radius 2 is 0.964 bits per heavy atom. The van der Waals surface area contributed by atoms with Gasteiger partial charge < -0.3 is 40.0 Å². The highest BCUT2D eigenvalue weighted by Gasteiger charge is 2.23. The molecule has 2 atom stereocenters. The van der Waals surface area contributed by atoms with Crippen LogP contribution in [0.3, 0.4) is 0 Å². The Balaban J connectivity index is 1.49. The van der Waals surface area contributed by atoms with Gasteiger partial charge in [-0.3, -0.25) is 9.59 Å². The van der Waals surface area contributed by atoms with Gasteiger partial charge in [0.05, 0.1) is 27.4 Å². The molecule has 0 spiro atoms. The second-order valence-electron chi connectivity index (χ2n) is 13.4. The summed E-state index contributed by atoms with van der Waals surface area (Å²) >= 11 is 0. The molecule has 0 aromatic heterocycles. The van der Waals surface area contributed by atoms with Crippen molar-refractivity contribution < 1.29 is 38.1 Å². The maximum absolute atomic E-state index is 12.9. The van der Waals surface area contributed by atoms with Crippen LogP contribution in [-0.4, -0.2) is 92.3 Å². The Labute approximate surface area is 332 Å². The number of hydrogen-bond donors (Lipinski definition) is 4. The third-order valence-electron chi connectivity index (χ3n) is 9.41. The van der Waals surface area contributed by atoms with E-state index in [-0.39, 0.29) is 37.9 Å². The zero-order valence-electron chi connectivity index (χ0n) is 32.4. The van der Waals surface area contributed by atoms with Crippen LogP contribution in [0.2, 0.25) is 0 Å². The molecule has 0 unspecified atom stereocenters.